The summed E-state index contributed by atoms with van der Waals surface area (Å²) in [4.78, 5) is 86.0. The molecular weight excluding hydrogens is 972 g/mol. The van der Waals surface area contributed by atoms with Crippen molar-refractivity contribution in [2.24, 2.45) is 5.92 Å². The van der Waals surface area contributed by atoms with Crippen LogP contribution in [0.1, 0.15) is 50.7 Å². The molecule has 0 radical (unpaired) electrons. The van der Waals surface area contributed by atoms with Gasteiger partial charge in [0.25, 0.3) is 17.5 Å². The topological polar surface area (TPSA) is 207 Å². The Morgan fingerprint density at radius 3 is 1.89 bits per heavy atom. The van der Waals surface area contributed by atoms with Gasteiger partial charge in [-0.25, -0.2) is 14.5 Å². The number of benzene rings is 4. The fourth-order valence-corrected chi connectivity index (χ4v) is 11.4. The summed E-state index contributed by atoms with van der Waals surface area (Å²) in [5, 5.41) is 14.5. The third-order valence-electron chi connectivity index (χ3n) is 14.6. The van der Waals surface area contributed by atoms with Crippen LogP contribution in [0.2, 0.25) is 10.0 Å². The molecule has 1 saturated carbocycles. The largest absolute Gasteiger partial charge is 0.457 e. The quantitative estimate of drug-likeness (QED) is 0.0567. The maximum Gasteiger partial charge on any atom is 0.289 e. The molecule has 3 amide bonds. The second-order valence-electron chi connectivity index (χ2n) is 19.4. The van der Waals surface area contributed by atoms with E-state index in [1.54, 1.807) is 53.7 Å². The molecule has 2 spiro atoms. The number of amides is 3. The molecule has 8 heterocycles. The average Bonchev–Trinajstić information content (AvgIpc) is 3.62. The van der Waals surface area contributed by atoms with Gasteiger partial charge >= 0.3 is 0 Å². The van der Waals surface area contributed by atoms with Crippen LogP contribution in [0.15, 0.2) is 122 Å². The summed E-state index contributed by atoms with van der Waals surface area (Å²) in [5.74, 6) is 0.343. The third-order valence-corrected chi connectivity index (χ3v) is 15.2. The van der Waals surface area contributed by atoms with Gasteiger partial charge in [-0.15, -0.1) is 0 Å². The van der Waals surface area contributed by atoms with Crippen molar-refractivity contribution in [1.82, 2.24) is 24.8 Å². The number of hydrogen-bond acceptors (Lipinski definition) is 11. The van der Waals surface area contributed by atoms with Crippen molar-refractivity contribution in [3.8, 4) is 23.0 Å². The Bertz CT molecular complexity index is 3690. The second kappa shape index (κ2) is 16.7. The Balaban J connectivity index is 0.772. The van der Waals surface area contributed by atoms with E-state index in [0.29, 0.717) is 105 Å². The van der Waals surface area contributed by atoms with Crippen LogP contribution in [0.5, 0.6) is 23.0 Å². The monoisotopic (exact) mass is 1010 g/mol. The Kier molecular flexibility index (Phi) is 10.2. The molecule has 13 rings (SSSR count). The van der Waals surface area contributed by atoms with Crippen LogP contribution in [0, 0.1) is 5.92 Å². The molecule has 1 aliphatic carbocycles. The van der Waals surface area contributed by atoms with Crippen molar-refractivity contribution in [2.45, 2.75) is 30.0 Å². The van der Waals surface area contributed by atoms with Gasteiger partial charge in [-0.2, -0.15) is 0 Å². The lowest BCUT2D eigenvalue weighted by Crippen LogP contribution is -2.71. The van der Waals surface area contributed by atoms with Crippen LogP contribution < -0.4 is 35.3 Å². The van der Waals surface area contributed by atoms with Crippen molar-refractivity contribution in [2.75, 3.05) is 54.5 Å². The fourth-order valence-electron chi connectivity index (χ4n) is 10.9. The summed E-state index contributed by atoms with van der Waals surface area (Å²) in [6.45, 7) is 1.28. The Labute approximate surface area is 425 Å². The minimum atomic E-state index is -1.22. The van der Waals surface area contributed by atoms with Crippen LogP contribution >= 0.6 is 23.2 Å². The number of halogens is 2. The van der Waals surface area contributed by atoms with E-state index in [9.17, 15) is 24.0 Å². The van der Waals surface area contributed by atoms with E-state index >= 15 is 0 Å². The zero-order chi connectivity index (χ0) is 49.9. The summed E-state index contributed by atoms with van der Waals surface area (Å²) < 4.78 is 13.8. The van der Waals surface area contributed by atoms with E-state index < -0.39 is 17.0 Å². The summed E-state index contributed by atoms with van der Waals surface area (Å²) in [7, 11) is 1.93. The van der Waals surface area contributed by atoms with Crippen LogP contribution in [-0.4, -0.2) is 98.3 Å². The zero-order valence-corrected chi connectivity index (χ0v) is 40.4. The number of nitrogens with one attached hydrogen (secondary N) is 6. The van der Waals surface area contributed by atoms with E-state index in [4.69, 9.17) is 32.7 Å². The van der Waals surface area contributed by atoms with Crippen LogP contribution in [0.4, 0.5) is 22.7 Å². The first kappa shape index (κ1) is 44.7. The van der Waals surface area contributed by atoms with E-state index in [1.807, 2.05) is 83.4 Å². The number of para-hydroxylation sites is 2. The number of carbonyl (C=O) groups excluding carboxylic acids is 5. The standard InChI is InChI=1S/C54H42Cl2N10O7/c1-64-25-54(26-64)52(71)61-40-24-66(49-43(45(40)63-54)36(22-59-49)47(68)33-15-13-31(19-38(33)56)73-29-10-6-3-7-11-29)41-20-34(41)50(69)65-17-16-53(27-65)51(70)60-39-23-58-48-42(44(39)62-53)35(21-57-48)46(67)32-14-12-30(18-37(32)55)72-28-8-4-2-5-9-28/h2-15,18-19,21-24,34,41H,16-17,20,25-27H2,1H3,(H5,57,58,59,60,61,62,63,67,68,70,71)/p+1. The minimum Gasteiger partial charge on any atom is -0.457 e. The number of carbonyl (C=O) groups is 5. The van der Waals surface area contributed by atoms with E-state index in [1.165, 1.54) is 6.20 Å². The average molecular weight is 1010 g/mol. The molecular formula is C54H43Cl2N10O7+. The molecule has 3 unspecified atom stereocenters. The van der Waals surface area contributed by atoms with Crippen LogP contribution in [-0.2, 0) is 14.4 Å². The maximum absolute atomic E-state index is 14.6. The summed E-state index contributed by atoms with van der Waals surface area (Å²) in [6.07, 6.45) is 7.33. The summed E-state index contributed by atoms with van der Waals surface area (Å²) in [6, 6.07) is 28.0. The first-order valence-corrected chi connectivity index (χ1v) is 24.5. The summed E-state index contributed by atoms with van der Waals surface area (Å²) in [5.41, 5.74) is 1.99. The van der Waals surface area contributed by atoms with Crippen LogP contribution in [0.3, 0.4) is 0 Å². The molecule has 5 aliphatic rings. The minimum absolute atomic E-state index is 0.0599. The lowest BCUT2D eigenvalue weighted by molar-refractivity contribution is -0.678. The smallest absolute Gasteiger partial charge is 0.289 e. The van der Waals surface area contributed by atoms with Crippen molar-refractivity contribution in [3.05, 3.63) is 154 Å². The lowest BCUT2D eigenvalue weighted by Gasteiger charge is -2.50. The van der Waals surface area contributed by atoms with Gasteiger partial charge < -0.3 is 45.5 Å². The molecule has 73 heavy (non-hydrogen) atoms. The molecule has 4 aromatic carbocycles. The number of H-pyrrole nitrogens is 2. The highest BCUT2D eigenvalue weighted by molar-refractivity contribution is 6.37. The second-order valence-corrected chi connectivity index (χ2v) is 20.2. The van der Waals surface area contributed by atoms with Crippen molar-refractivity contribution in [3.63, 3.8) is 0 Å². The number of ketones is 2. The zero-order valence-electron chi connectivity index (χ0n) is 38.8. The SMILES string of the molecule is CN1CC2(C1)Nc1c(c[n+](C3CC3C(=O)N3CCC4(C3)Nc3c(cnc5[nH]cc(C(=O)c6ccc(Oc7ccccc7)cc6Cl)c35)NC4=O)c3[nH]cc(C(=O)c4ccc(Oc5ccccc5)cc4Cl)c13)NC2=O. The molecule has 2 saturated heterocycles. The van der Waals surface area contributed by atoms with Gasteiger partial charge in [0, 0.05) is 55.5 Å². The first-order chi connectivity index (χ1) is 35.3. The molecule has 0 bridgehead atoms. The van der Waals surface area contributed by atoms with Gasteiger partial charge in [0.1, 0.15) is 69.2 Å². The number of likely N-dealkylation sites (N-methyl/N-ethyl adjacent to an activating group) is 1. The van der Waals surface area contributed by atoms with Crippen molar-refractivity contribution in [1.29, 1.82) is 0 Å². The highest BCUT2D eigenvalue weighted by Gasteiger charge is 2.57. The molecule has 19 heteroatoms. The van der Waals surface area contributed by atoms with E-state index in [0.717, 1.165) is 0 Å². The molecule has 4 aliphatic heterocycles. The van der Waals surface area contributed by atoms with Gasteiger partial charge in [0.15, 0.2) is 11.6 Å². The number of pyridine rings is 2. The number of aromatic nitrogens is 4. The number of anilines is 4. The maximum atomic E-state index is 14.6. The molecule has 364 valence electrons. The van der Waals surface area contributed by atoms with Crippen LogP contribution in [0.25, 0.3) is 22.1 Å². The number of hydrogen-bond donors (Lipinski definition) is 6. The first-order valence-electron chi connectivity index (χ1n) is 23.8. The molecule has 6 N–H and O–H groups in total. The highest BCUT2D eigenvalue weighted by atomic mass is 35.5. The van der Waals surface area contributed by atoms with Gasteiger partial charge in [-0.05, 0) is 62.0 Å². The molecule has 4 aromatic heterocycles. The molecule has 3 atom stereocenters. The number of ether oxygens (including phenoxy) is 2. The van der Waals surface area contributed by atoms with E-state index in [-0.39, 0.29) is 69.6 Å². The summed E-state index contributed by atoms with van der Waals surface area (Å²) >= 11 is 13.5. The predicted molar refractivity (Wildman–Crippen MR) is 273 cm³/mol. The van der Waals surface area contributed by atoms with Crippen molar-refractivity contribution >= 4 is 97.3 Å². The number of rotatable bonds is 10. The third kappa shape index (κ3) is 7.36. The molecule has 17 nitrogen and oxygen atoms in total. The number of aromatic amines is 2. The van der Waals surface area contributed by atoms with Gasteiger partial charge in [0.2, 0.25) is 5.91 Å². The fraction of sp³-hybridized carbons (Fsp3) is 0.204. The normalized spacial score (nSPS) is 20.4. The van der Waals surface area contributed by atoms with Gasteiger partial charge in [0.05, 0.1) is 62.3 Å². The lowest BCUT2D eigenvalue weighted by atomic mass is 9.86. The molecule has 8 aromatic rings. The molecule has 3 fully saturated rings. The van der Waals surface area contributed by atoms with Gasteiger partial charge in [-0.1, -0.05) is 59.6 Å². The Hall–Kier alpha value is -8.25. The number of nitrogens with zero attached hydrogens (tertiary/aromatic N) is 4. The van der Waals surface area contributed by atoms with E-state index in [2.05, 4.69) is 36.2 Å². The number of likely N-dealkylation sites (tertiary alicyclic amines) is 2. The number of fused-ring (bicyclic) bond motifs is 6. The highest BCUT2D eigenvalue weighted by Crippen LogP contribution is 2.48. The van der Waals surface area contributed by atoms with Crippen molar-refractivity contribution < 1.29 is 38.0 Å². The predicted octanol–water partition coefficient (Wildman–Crippen LogP) is 8.33. The Morgan fingerprint density at radius 2 is 1.26 bits per heavy atom. The Morgan fingerprint density at radius 1 is 0.685 bits per heavy atom. The van der Waals surface area contributed by atoms with Gasteiger partial charge in [-0.3, -0.25) is 24.0 Å².